The quantitative estimate of drug-likeness (QED) is 0.833. The van der Waals surface area contributed by atoms with Gasteiger partial charge in [-0.3, -0.25) is 14.3 Å². The van der Waals surface area contributed by atoms with E-state index < -0.39 is 11.5 Å². The largest absolute Gasteiger partial charge is 0.477 e. The van der Waals surface area contributed by atoms with Gasteiger partial charge in [0.25, 0.3) is 5.56 Å². The first-order valence-corrected chi connectivity index (χ1v) is 9.75. The predicted molar refractivity (Wildman–Crippen MR) is 113 cm³/mol. The number of piperazine rings is 1. The zero-order valence-corrected chi connectivity index (χ0v) is 16.4. The summed E-state index contributed by atoms with van der Waals surface area (Å²) in [6, 6.07) is 7.15. The Balaban J connectivity index is 1.53. The van der Waals surface area contributed by atoms with Gasteiger partial charge in [-0.1, -0.05) is 12.2 Å². The van der Waals surface area contributed by atoms with Crippen LogP contribution in [0.5, 0.6) is 0 Å². The lowest BCUT2D eigenvalue weighted by Gasteiger charge is -2.36. The van der Waals surface area contributed by atoms with E-state index in [0.29, 0.717) is 18.7 Å². The fraction of sp³-hybridized carbons (Fsp3) is 0.273. The van der Waals surface area contributed by atoms with Crippen LogP contribution in [-0.4, -0.2) is 51.7 Å². The van der Waals surface area contributed by atoms with Gasteiger partial charge in [0.15, 0.2) is 0 Å². The second kappa shape index (κ2) is 8.35. The van der Waals surface area contributed by atoms with E-state index in [0.717, 1.165) is 43.1 Å². The van der Waals surface area contributed by atoms with Crippen LogP contribution in [0.3, 0.4) is 0 Å². The third-order valence-corrected chi connectivity index (χ3v) is 5.38. The molecule has 1 N–H and O–H groups in total. The third kappa shape index (κ3) is 3.88. The van der Waals surface area contributed by atoms with Crippen molar-refractivity contribution in [2.75, 3.05) is 31.1 Å². The highest BCUT2D eigenvalue weighted by molar-refractivity contribution is 5.88. The van der Waals surface area contributed by atoms with Gasteiger partial charge in [0.1, 0.15) is 17.3 Å². The van der Waals surface area contributed by atoms with E-state index in [1.54, 1.807) is 18.5 Å². The van der Waals surface area contributed by atoms with Crippen LogP contribution in [0.25, 0.3) is 12.3 Å². The van der Waals surface area contributed by atoms with Gasteiger partial charge in [0.2, 0.25) is 0 Å². The highest BCUT2D eigenvalue weighted by Crippen LogP contribution is 2.20. The summed E-state index contributed by atoms with van der Waals surface area (Å²) in [6.45, 7) is 3.74. The van der Waals surface area contributed by atoms with E-state index in [9.17, 15) is 14.7 Å². The molecule has 0 unspecified atom stereocenters. The summed E-state index contributed by atoms with van der Waals surface area (Å²) in [5.41, 5.74) is 2.21. The van der Waals surface area contributed by atoms with Crippen molar-refractivity contribution in [3.63, 3.8) is 0 Å². The number of carbonyl (C=O) groups is 1. The number of hydrogen-bond acceptors (Lipinski definition) is 6. The Labute approximate surface area is 173 Å². The first-order chi connectivity index (χ1) is 14.6. The monoisotopic (exact) mass is 403 g/mol. The fourth-order valence-electron chi connectivity index (χ4n) is 3.79. The summed E-state index contributed by atoms with van der Waals surface area (Å²) >= 11 is 0. The zero-order valence-electron chi connectivity index (χ0n) is 16.4. The summed E-state index contributed by atoms with van der Waals surface area (Å²) < 4.78 is 1.43. The molecule has 0 aromatic carbocycles. The maximum Gasteiger partial charge on any atom is 0.341 e. The van der Waals surface area contributed by atoms with Gasteiger partial charge >= 0.3 is 5.97 Å². The summed E-state index contributed by atoms with van der Waals surface area (Å²) in [5, 5.41) is 18.4. The number of rotatable bonds is 4. The first-order valence-electron chi connectivity index (χ1n) is 9.75. The second-order valence-electron chi connectivity index (χ2n) is 7.25. The molecule has 8 nitrogen and oxygen atoms in total. The van der Waals surface area contributed by atoms with Gasteiger partial charge in [0.05, 0.1) is 17.6 Å². The normalized spacial score (nSPS) is 16.0. The minimum atomic E-state index is -1.21. The van der Waals surface area contributed by atoms with Gasteiger partial charge in [-0.05, 0) is 36.3 Å². The Hall–Kier alpha value is -3.70. The van der Waals surface area contributed by atoms with Crippen LogP contribution in [0, 0.1) is 11.3 Å². The summed E-state index contributed by atoms with van der Waals surface area (Å²) in [7, 11) is 0. The number of nitriles is 1. The highest BCUT2D eigenvalue weighted by Gasteiger charge is 2.22. The van der Waals surface area contributed by atoms with Crippen LogP contribution in [-0.2, 0) is 6.54 Å². The number of nitrogens with zero attached hydrogens (tertiary/aromatic N) is 5. The van der Waals surface area contributed by atoms with Crippen LogP contribution in [0.4, 0.5) is 5.69 Å². The van der Waals surface area contributed by atoms with Crippen molar-refractivity contribution in [3.05, 3.63) is 69.4 Å². The maximum absolute atomic E-state index is 12.5. The average Bonchev–Trinajstić information content (AvgIpc) is 3.03. The molecule has 0 amide bonds. The van der Waals surface area contributed by atoms with Gasteiger partial charge in [-0.25, -0.2) is 9.78 Å². The van der Waals surface area contributed by atoms with Gasteiger partial charge in [0, 0.05) is 38.9 Å². The number of carboxylic acids is 1. The van der Waals surface area contributed by atoms with Gasteiger partial charge < -0.3 is 10.0 Å². The number of hydrogen-bond donors (Lipinski definition) is 1. The number of anilines is 1. The molecule has 8 heteroatoms. The molecular weight excluding hydrogens is 382 g/mol. The van der Waals surface area contributed by atoms with Crippen molar-refractivity contribution >= 4 is 23.9 Å². The van der Waals surface area contributed by atoms with E-state index in [2.05, 4.69) is 14.8 Å². The minimum absolute atomic E-state index is 0.212. The van der Waals surface area contributed by atoms with Crippen molar-refractivity contribution in [3.8, 4) is 6.07 Å². The predicted octanol–water partition coefficient (Wildman–Crippen LogP) is 2.02. The molecule has 0 bridgehead atoms. The van der Waals surface area contributed by atoms with E-state index >= 15 is 0 Å². The van der Waals surface area contributed by atoms with Gasteiger partial charge in [-0.15, -0.1) is 0 Å². The Bertz CT molecular complexity index is 1120. The third-order valence-electron chi connectivity index (χ3n) is 5.38. The molecular formula is C22H21N5O3. The lowest BCUT2D eigenvalue weighted by molar-refractivity contribution is 0.0694. The van der Waals surface area contributed by atoms with Crippen LogP contribution in [0.1, 0.15) is 33.7 Å². The molecule has 0 radical (unpaired) electrons. The van der Waals surface area contributed by atoms with E-state index in [4.69, 9.17) is 5.26 Å². The number of allylic oxidation sites excluding steroid dienone is 2. The van der Waals surface area contributed by atoms with Crippen LogP contribution in [0.15, 0.2) is 41.3 Å². The zero-order chi connectivity index (χ0) is 21.1. The van der Waals surface area contributed by atoms with Gasteiger partial charge in [-0.2, -0.15) is 5.26 Å². The molecule has 0 saturated carbocycles. The number of pyridine rings is 2. The number of carboxylic acid groups (broad SMARTS) is 1. The molecule has 0 aliphatic carbocycles. The lowest BCUT2D eigenvalue weighted by atomic mass is 10.1. The van der Waals surface area contributed by atoms with Crippen LogP contribution < -0.4 is 10.5 Å². The van der Waals surface area contributed by atoms with E-state index in [1.165, 1.54) is 10.6 Å². The fourth-order valence-corrected chi connectivity index (χ4v) is 3.79. The molecule has 0 spiro atoms. The molecule has 2 aliphatic rings. The van der Waals surface area contributed by atoms with Crippen LogP contribution in [0.2, 0.25) is 0 Å². The maximum atomic E-state index is 12.5. The van der Waals surface area contributed by atoms with E-state index in [-0.39, 0.29) is 5.56 Å². The molecule has 2 aromatic heterocycles. The summed E-state index contributed by atoms with van der Waals surface area (Å²) in [5.74, 6) is -1.21. The van der Waals surface area contributed by atoms with Crippen molar-refractivity contribution in [2.24, 2.45) is 0 Å². The lowest BCUT2D eigenvalue weighted by Crippen LogP contribution is -2.46. The summed E-state index contributed by atoms with van der Waals surface area (Å²) in [6.07, 6.45) is 9.77. The Morgan fingerprint density at radius 3 is 2.67 bits per heavy atom. The highest BCUT2D eigenvalue weighted by atomic mass is 16.4. The second-order valence-corrected chi connectivity index (χ2v) is 7.25. The Kier molecular flexibility index (Phi) is 5.46. The Morgan fingerprint density at radius 2 is 2.00 bits per heavy atom. The Morgan fingerprint density at radius 1 is 1.20 bits per heavy atom. The molecule has 0 atom stereocenters. The molecule has 1 saturated heterocycles. The number of fused-ring (bicyclic) bond motifs is 1. The number of aromatic carboxylic acids is 1. The SMILES string of the molecule is N#Cc1ccc(N2CCN(Cc3cc(C(=O)O)c(=O)n4c3C=CCC=C4)CC2)cn1. The van der Waals surface area contributed by atoms with Crippen molar-refractivity contribution in [2.45, 2.75) is 13.0 Å². The average molecular weight is 403 g/mol. The summed E-state index contributed by atoms with van der Waals surface area (Å²) in [4.78, 5) is 32.7. The van der Waals surface area contributed by atoms with E-state index in [1.807, 2.05) is 30.4 Å². The number of aromatic nitrogens is 2. The van der Waals surface area contributed by atoms with Crippen molar-refractivity contribution in [1.29, 1.82) is 5.26 Å². The first kappa shape index (κ1) is 19.6. The van der Waals surface area contributed by atoms with Crippen LogP contribution >= 0.6 is 0 Å². The molecule has 2 aliphatic heterocycles. The standard InChI is InChI=1S/C22H21N5O3/c23-13-17-5-6-18(14-24-17)26-10-8-25(9-11-26)15-16-12-19(22(29)30)21(28)27-7-3-1-2-4-20(16)27/h2-7,12,14H,1,8-11,15H2,(H,29,30). The molecule has 4 rings (SSSR count). The van der Waals surface area contributed by atoms with Crippen molar-refractivity contribution < 1.29 is 9.90 Å². The topological polar surface area (TPSA) is 102 Å². The molecule has 4 heterocycles. The van der Waals surface area contributed by atoms with Crippen molar-refractivity contribution in [1.82, 2.24) is 14.5 Å². The molecule has 30 heavy (non-hydrogen) atoms. The molecule has 152 valence electrons. The minimum Gasteiger partial charge on any atom is -0.477 e. The molecule has 2 aromatic rings. The molecule has 1 fully saturated rings. The smallest absolute Gasteiger partial charge is 0.341 e.